The number of carbonyl (C=O) groups excluding carboxylic acids is 2. The van der Waals surface area contributed by atoms with Gasteiger partial charge in [-0.15, -0.1) is 5.10 Å². The second kappa shape index (κ2) is 9.39. The van der Waals surface area contributed by atoms with E-state index in [4.69, 9.17) is 16.4 Å². The monoisotopic (exact) mass is 460 g/mol. The second-order valence-electron chi connectivity index (χ2n) is 6.97. The van der Waals surface area contributed by atoms with Crippen LogP contribution in [-0.2, 0) is 21.0 Å². The Kier molecular flexibility index (Phi) is 6.40. The highest BCUT2D eigenvalue weighted by atomic mass is 35.5. The van der Waals surface area contributed by atoms with Gasteiger partial charge in [-0.25, -0.2) is 14.1 Å². The fraction of sp³-hybridized carbons (Fsp3) is 0.250. The van der Waals surface area contributed by atoms with Crippen LogP contribution < -0.4 is 5.32 Å². The topological polar surface area (TPSA) is 122 Å². The van der Waals surface area contributed by atoms with Gasteiger partial charge in [-0.1, -0.05) is 29.8 Å². The molecule has 1 aliphatic heterocycles. The lowest BCUT2D eigenvalue weighted by Crippen LogP contribution is -2.46. The second-order valence-corrected chi connectivity index (χ2v) is 7.41. The number of hydrogen-bond acceptors (Lipinski definition) is 7. The summed E-state index contributed by atoms with van der Waals surface area (Å²) in [7, 11) is 0. The summed E-state index contributed by atoms with van der Waals surface area (Å²) in [5.41, 5.74) is 1.06. The average Bonchev–Trinajstić information content (AvgIpc) is 3.49. The van der Waals surface area contributed by atoms with Crippen LogP contribution in [0.3, 0.4) is 0 Å². The van der Waals surface area contributed by atoms with Crippen LogP contribution in [0, 0.1) is 5.82 Å². The number of hydrogen-bond donors (Lipinski definition) is 2. The highest BCUT2D eigenvalue weighted by Crippen LogP contribution is 2.24. The maximum Gasteiger partial charge on any atom is 0.280 e. The lowest BCUT2D eigenvalue weighted by Gasteiger charge is -2.24. The summed E-state index contributed by atoms with van der Waals surface area (Å²) in [6, 6.07) is 9.42. The molecule has 1 unspecified atom stereocenters. The Hall–Kier alpha value is -3.41. The van der Waals surface area contributed by atoms with Gasteiger partial charge in [-0.3, -0.25) is 14.4 Å². The molecule has 0 aliphatic carbocycles. The van der Waals surface area contributed by atoms with E-state index in [1.165, 1.54) is 29.2 Å². The molecule has 1 fully saturated rings. The molecule has 2 atom stereocenters. The Morgan fingerprint density at radius 3 is 2.88 bits per heavy atom. The van der Waals surface area contributed by atoms with E-state index < -0.39 is 29.8 Å². The lowest BCUT2D eigenvalue weighted by molar-refractivity contribution is -0.188. The van der Waals surface area contributed by atoms with Gasteiger partial charge in [0.05, 0.1) is 12.3 Å². The number of carbonyl (C=O) groups is 2. The van der Waals surface area contributed by atoms with Gasteiger partial charge < -0.3 is 10.4 Å². The van der Waals surface area contributed by atoms with Crippen LogP contribution in [0.2, 0.25) is 5.02 Å². The van der Waals surface area contributed by atoms with Crippen molar-refractivity contribution in [3.8, 4) is 5.69 Å². The van der Waals surface area contributed by atoms with Gasteiger partial charge in [-0.05, 0) is 40.3 Å². The van der Waals surface area contributed by atoms with Gasteiger partial charge in [0.15, 0.2) is 6.10 Å². The average molecular weight is 461 g/mol. The normalized spacial score (nSPS) is 16.7. The van der Waals surface area contributed by atoms with E-state index >= 15 is 0 Å². The van der Waals surface area contributed by atoms with Gasteiger partial charge in [0.25, 0.3) is 5.91 Å². The summed E-state index contributed by atoms with van der Waals surface area (Å²) in [6.07, 6.45) is -0.176. The Labute approximate surface area is 186 Å². The molecule has 0 radical (unpaired) electrons. The van der Waals surface area contributed by atoms with Crippen molar-refractivity contribution in [1.29, 1.82) is 0 Å². The summed E-state index contributed by atoms with van der Waals surface area (Å²) in [6.45, 7) is 0.170. The number of nitrogens with zero attached hydrogens (tertiary/aromatic N) is 5. The fourth-order valence-corrected chi connectivity index (χ4v) is 3.56. The number of amides is 2. The molecular weight excluding hydrogens is 443 g/mol. The first-order valence-electron chi connectivity index (χ1n) is 9.63. The van der Waals surface area contributed by atoms with Crippen LogP contribution in [0.1, 0.15) is 23.7 Å². The third kappa shape index (κ3) is 4.44. The predicted octanol–water partition coefficient (Wildman–Crippen LogP) is 1.34. The number of benzene rings is 2. The molecule has 1 aromatic heterocycles. The molecule has 1 aliphatic rings. The van der Waals surface area contributed by atoms with Crippen LogP contribution in [0.15, 0.2) is 48.8 Å². The maximum absolute atomic E-state index is 14.0. The van der Waals surface area contributed by atoms with Crippen LogP contribution in [0.4, 0.5) is 4.39 Å². The summed E-state index contributed by atoms with van der Waals surface area (Å²) in [5.74, 6) is -2.16. The molecule has 3 aromatic rings. The van der Waals surface area contributed by atoms with Gasteiger partial charge >= 0.3 is 0 Å². The first-order chi connectivity index (χ1) is 15.5. The van der Waals surface area contributed by atoms with Gasteiger partial charge in [-0.2, -0.15) is 0 Å². The Bertz CT molecular complexity index is 1130. The van der Waals surface area contributed by atoms with E-state index in [-0.39, 0.29) is 25.1 Å². The third-order valence-corrected chi connectivity index (χ3v) is 5.18. The van der Waals surface area contributed by atoms with Crippen molar-refractivity contribution in [2.24, 2.45) is 0 Å². The van der Waals surface area contributed by atoms with Crippen LogP contribution in [0.5, 0.6) is 0 Å². The number of aliphatic hydroxyl groups is 1. The number of aromatic nitrogens is 4. The van der Waals surface area contributed by atoms with Crippen LogP contribution in [0.25, 0.3) is 5.69 Å². The molecule has 0 saturated carbocycles. The zero-order valence-corrected chi connectivity index (χ0v) is 17.3. The maximum atomic E-state index is 14.0. The molecule has 12 heteroatoms. The molecule has 4 rings (SSSR count). The van der Waals surface area contributed by atoms with E-state index in [0.29, 0.717) is 16.3 Å². The Morgan fingerprint density at radius 1 is 1.31 bits per heavy atom. The third-order valence-electron chi connectivity index (χ3n) is 4.95. The summed E-state index contributed by atoms with van der Waals surface area (Å²) in [5, 5.41) is 25.4. The van der Waals surface area contributed by atoms with E-state index in [1.807, 2.05) is 0 Å². The van der Waals surface area contributed by atoms with Crippen molar-refractivity contribution in [3.63, 3.8) is 0 Å². The van der Waals surface area contributed by atoms with Crippen molar-refractivity contribution in [3.05, 3.63) is 70.8 Å². The largest absolute Gasteiger partial charge is 0.378 e. The molecule has 1 saturated heterocycles. The SMILES string of the molecule is O=C(NCc1cc(Cl)ccc1-n1cnnn1)[C@@H]1CCON1C(=O)C(O)c1ccccc1F. The quantitative estimate of drug-likeness (QED) is 0.569. The van der Waals surface area contributed by atoms with E-state index in [9.17, 15) is 19.1 Å². The molecule has 2 amide bonds. The van der Waals surface area contributed by atoms with Crippen molar-refractivity contribution in [1.82, 2.24) is 30.6 Å². The molecule has 2 N–H and O–H groups in total. The zero-order valence-electron chi connectivity index (χ0n) is 16.6. The first-order valence-corrected chi connectivity index (χ1v) is 10.0. The highest BCUT2D eigenvalue weighted by molar-refractivity contribution is 6.30. The summed E-state index contributed by atoms with van der Waals surface area (Å²) in [4.78, 5) is 30.8. The molecule has 0 bridgehead atoms. The molecular formula is C20H18ClFN6O4. The lowest BCUT2D eigenvalue weighted by atomic mass is 10.1. The summed E-state index contributed by atoms with van der Waals surface area (Å²) < 4.78 is 15.4. The summed E-state index contributed by atoms with van der Waals surface area (Å²) >= 11 is 6.09. The Morgan fingerprint density at radius 2 is 2.12 bits per heavy atom. The minimum atomic E-state index is -1.80. The van der Waals surface area contributed by atoms with Crippen LogP contribution >= 0.6 is 11.6 Å². The zero-order chi connectivity index (χ0) is 22.7. The fourth-order valence-electron chi connectivity index (χ4n) is 3.37. The van der Waals surface area contributed by atoms with E-state index in [1.54, 1.807) is 18.2 Å². The van der Waals surface area contributed by atoms with Crippen molar-refractivity contribution in [2.75, 3.05) is 6.61 Å². The van der Waals surface area contributed by atoms with Crippen molar-refractivity contribution >= 4 is 23.4 Å². The number of hydroxylamine groups is 2. The molecule has 2 heterocycles. The van der Waals surface area contributed by atoms with Crippen molar-refractivity contribution < 1.29 is 23.9 Å². The molecule has 166 valence electrons. The number of halogens is 2. The highest BCUT2D eigenvalue weighted by Gasteiger charge is 2.39. The van der Waals surface area contributed by atoms with Gasteiger partial charge in [0, 0.05) is 23.6 Å². The van der Waals surface area contributed by atoms with Crippen molar-refractivity contribution in [2.45, 2.75) is 25.1 Å². The smallest absolute Gasteiger partial charge is 0.280 e. The molecule has 32 heavy (non-hydrogen) atoms. The number of tetrazole rings is 1. The first kappa shape index (κ1) is 21.8. The van der Waals surface area contributed by atoms with Gasteiger partial charge in [0.2, 0.25) is 5.91 Å². The Balaban J connectivity index is 1.46. The van der Waals surface area contributed by atoms with Crippen LogP contribution in [-0.4, -0.2) is 54.8 Å². The van der Waals surface area contributed by atoms with E-state index in [2.05, 4.69) is 20.8 Å². The molecule has 2 aromatic carbocycles. The number of aliphatic hydroxyl groups excluding tert-OH is 1. The molecule has 10 nitrogen and oxygen atoms in total. The van der Waals surface area contributed by atoms with E-state index in [0.717, 1.165) is 11.1 Å². The number of nitrogens with one attached hydrogen (secondary N) is 1. The van der Waals surface area contributed by atoms with Gasteiger partial charge in [0.1, 0.15) is 18.2 Å². The number of rotatable bonds is 6. The minimum Gasteiger partial charge on any atom is -0.378 e. The predicted molar refractivity (Wildman–Crippen MR) is 109 cm³/mol. The minimum absolute atomic E-state index is 0.0724. The standard InChI is InChI=1S/C20H18ClFN6O4/c21-13-5-6-16(27-11-24-25-26-27)12(9-13)10-23-19(30)17-7-8-32-28(17)20(31)18(29)14-3-1-2-4-15(14)22/h1-6,9,11,17-18,29H,7-8,10H2,(H,23,30)/t17-,18?/m0/s1. The molecule has 0 spiro atoms.